The van der Waals surface area contributed by atoms with Crippen LogP contribution in [-0.2, 0) is 4.74 Å². The Morgan fingerprint density at radius 3 is 2.63 bits per heavy atom. The summed E-state index contributed by atoms with van der Waals surface area (Å²) in [6.07, 6.45) is -0.126. The largest absolute Gasteiger partial charge is 0.416 e. The Morgan fingerprint density at radius 2 is 2.11 bits per heavy atom. The van der Waals surface area contributed by atoms with Gasteiger partial charge in [0.2, 0.25) is 5.95 Å². The van der Waals surface area contributed by atoms with E-state index in [0.29, 0.717) is 6.54 Å². The molecule has 0 amide bonds. The van der Waals surface area contributed by atoms with Crippen LogP contribution < -0.4 is 5.32 Å². The normalized spacial score (nSPS) is 19.4. The Balaban J connectivity index is 1.92. The molecule has 0 aromatic carbocycles. The van der Waals surface area contributed by atoms with Gasteiger partial charge in [-0.3, -0.25) is 0 Å². The van der Waals surface area contributed by atoms with Gasteiger partial charge in [0, 0.05) is 31.1 Å². The molecule has 7 heteroatoms. The van der Waals surface area contributed by atoms with Gasteiger partial charge in [-0.15, -0.1) is 0 Å². The van der Waals surface area contributed by atoms with Gasteiger partial charge in [0.05, 0.1) is 11.7 Å². The minimum absolute atomic E-state index is 0.119. The predicted molar refractivity (Wildman–Crippen MR) is 64.6 cm³/mol. The summed E-state index contributed by atoms with van der Waals surface area (Å²) in [6.45, 7) is 4.29. The summed E-state index contributed by atoms with van der Waals surface area (Å²) in [5, 5.41) is 2.93. The van der Waals surface area contributed by atoms with Crippen LogP contribution in [0.15, 0.2) is 19.0 Å². The second-order valence-electron chi connectivity index (χ2n) is 4.29. The summed E-state index contributed by atoms with van der Waals surface area (Å²) in [5.74, 6) is 0.286. The lowest BCUT2D eigenvalue weighted by atomic mass is 10.1. The van der Waals surface area contributed by atoms with Gasteiger partial charge >= 0.3 is 6.18 Å². The van der Waals surface area contributed by atoms with Gasteiger partial charge in [-0.1, -0.05) is 6.58 Å². The van der Waals surface area contributed by atoms with Crippen LogP contribution in [0.3, 0.4) is 0 Å². The molecule has 0 radical (unpaired) electrons. The van der Waals surface area contributed by atoms with Crippen molar-refractivity contribution in [3.05, 3.63) is 24.5 Å². The van der Waals surface area contributed by atoms with Crippen LogP contribution in [0.4, 0.5) is 19.1 Å². The molecule has 0 spiro atoms. The lowest BCUT2D eigenvalue weighted by Gasteiger charge is -2.12. The second-order valence-corrected chi connectivity index (χ2v) is 4.29. The van der Waals surface area contributed by atoms with E-state index < -0.39 is 11.7 Å². The van der Waals surface area contributed by atoms with Crippen LogP contribution in [0.5, 0.6) is 0 Å². The molecule has 0 saturated carbocycles. The van der Waals surface area contributed by atoms with Gasteiger partial charge in [0.15, 0.2) is 0 Å². The fourth-order valence-corrected chi connectivity index (χ4v) is 1.75. The number of halogens is 3. The maximum absolute atomic E-state index is 12.4. The van der Waals surface area contributed by atoms with Crippen LogP contribution in [0.25, 0.3) is 5.57 Å². The topological polar surface area (TPSA) is 47.0 Å². The molecule has 4 nitrogen and oxygen atoms in total. The van der Waals surface area contributed by atoms with E-state index in [1.165, 1.54) is 0 Å². The standard InChI is InChI=1S/C12H14F3N3O/c1-8(12(13,14)15)9-5-16-11(17-6-9)18-7-10-3-2-4-19-10/h5-6,10H,1-4,7H2,(H,16,17,18). The number of alkyl halides is 3. The summed E-state index contributed by atoms with van der Waals surface area (Å²) < 4.78 is 42.6. The van der Waals surface area contributed by atoms with Crippen LogP contribution >= 0.6 is 0 Å². The Bertz CT molecular complexity index is 439. The Morgan fingerprint density at radius 1 is 1.42 bits per heavy atom. The highest BCUT2D eigenvalue weighted by atomic mass is 19.4. The molecule has 19 heavy (non-hydrogen) atoms. The van der Waals surface area contributed by atoms with Crippen LogP contribution in [-0.4, -0.2) is 35.4 Å². The van der Waals surface area contributed by atoms with E-state index in [2.05, 4.69) is 21.9 Å². The highest BCUT2D eigenvalue weighted by Gasteiger charge is 2.33. The molecular formula is C12H14F3N3O. The minimum atomic E-state index is -4.46. The van der Waals surface area contributed by atoms with E-state index in [1.807, 2.05) is 0 Å². The first-order valence-corrected chi connectivity index (χ1v) is 5.91. The van der Waals surface area contributed by atoms with E-state index in [-0.39, 0.29) is 17.6 Å². The molecular weight excluding hydrogens is 259 g/mol. The molecule has 2 heterocycles. The molecule has 1 unspecified atom stereocenters. The van der Waals surface area contributed by atoms with E-state index in [0.717, 1.165) is 31.8 Å². The van der Waals surface area contributed by atoms with Gasteiger partial charge in [-0.2, -0.15) is 13.2 Å². The van der Waals surface area contributed by atoms with Crippen molar-refractivity contribution in [1.82, 2.24) is 9.97 Å². The third-order valence-corrected chi connectivity index (χ3v) is 2.85. The predicted octanol–water partition coefficient (Wildman–Crippen LogP) is 2.64. The van der Waals surface area contributed by atoms with Gasteiger partial charge < -0.3 is 10.1 Å². The van der Waals surface area contributed by atoms with Crippen molar-refractivity contribution in [2.24, 2.45) is 0 Å². The summed E-state index contributed by atoms with van der Waals surface area (Å²) in [4.78, 5) is 7.67. The molecule has 1 aromatic rings. The Kier molecular flexibility index (Phi) is 4.04. The first kappa shape index (κ1) is 13.8. The van der Waals surface area contributed by atoms with Crippen molar-refractivity contribution in [1.29, 1.82) is 0 Å². The van der Waals surface area contributed by atoms with Crippen molar-refractivity contribution in [3.8, 4) is 0 Å². The number of anilines is 1. The molecule has 1 aromatic heterocycles. The van der Waals surface area contributed by atoms with E-state index >= 15 is 0 Å². The van der Waals surface area contributed by atoms with E-state index in [1.54, 1.807) is 0 Å². The second kappa shape index (κ2) is 5.56. The van der Waals surface area contributed by atoms with Crippen molar-refractivity contribution >= 4 is 11.5 Å². The van der Waals surface area contributed by atoms with Crippen LogP contribution in [0.2, 0.25) is 0 Å². The highest BCUT2D eigenvalue weighted by Crippen LogP contribution is 2.31. The lowest BCUT2D eigenvalue weighted by Crippen LogP contribution is -2.19. The highest BCUT2D eigenvalue weighted by molar-refractivity contribution is 5.66. The van der Waals surface area contributed by atoms with Gasteiger partial charge in [0.25, 0.3) is 0 Å². The molecule has 1 saturated heterocycles. The number of allylic oxidation sites excluding steroid dienone is 1. The van der Waals surface area contributed by atoms with Crippen molar-refractivity contribution in [2.45, 2.75) is 25.1 Å². The third-order valence-electron chi connectivity index (χ3n) is 2.85. The molecule has 2 rings (SSSR count). The van der Waals surface area contributed by atoms with Crippen LogP contribution in [0, 0.1) is 0 Å². The lowest BCUT2D eigenvalue weighted by molar-refractivity contribution is -0.0687. The summed E-state index contributed by atoms with van der Waals surface area (Å²) in [5.41, 5.74) is -1.08. The SMILES string of the molecule is C=C(c1cnc(NCC2CCCO2)nc1)C(F)(F)F. The molecule has 1 aliphatic heterocycles. The zero-order valence-corrected chi connectivity index (χ0v) is 10.2. The fraction of sp³-hybridized carbons (Fsp3) is 0.500. The third kappa shape index (κ3) is 3.66. The fourth-order valence-electron chi connectivity index (χ4n) is 1.75. The molecule has 1 atom stereocenters. The average molecular weight is 273 g/mol. The zero-order valence-electron chi connectivity index (χ0n) is 10.2. The van der Waals surface area contributed by atoms with Crippen LogP contribution in [0.1, 0.15) is 18.4 Å². The first-order valence-electron chi connectivity index (χ1n) is 5.91. The molecule has 0 bridgehead atoms. The number of hydrogen-bond acceptors (Lipinski definition) is 4. The van der Waals surface area contributed by atoms with Gasteiger partial charge in [-0.25, -0.2) is 9.97 Å². The molecule has 104 valence electrons. The number of ether oxygens (including phenoxy) is 1. The van der Waals surface area contributed by atoms with Crippen molar-refractivity contribution in [3.63, 3.8) is 0 Å². The number of aromatic nitrogens is 2. The summed E-state index contributed by atoms with van der Waals surface area (Å²) in [7, 11) is 0. The van der Waals surface area contributed by atoms with Crippen molar-refractivity contribution in [2.75, 3.05) is 18.5 Å². The number of rotatable bonds is 4. The monoisotopic (exact) mass is 273 g/mol. The molecule has 0 aliphatic carbocycles. The number of hydrogen-bond donors (Lipinski definition) is 1. The minimum Gasteiger partial charge on any atom is -0.376 e. The maximum atomic E-state index is 12.4. The average Bonchev–Trinajstić information content (AvgIpc) is 2.88. The number of nitrogens with one attached hydrogen (secondary N) is 1. The Labute approximate surface area is 108 Å². The quantitative estimate of drug-likeness (QED) is 0.916. The van der Waals surface area contributed by atoms with E-state index in [9.17, 15) is 13.2 Å². The Hall–Kier alpha value is -1.63. The van der Waals surface area contributed by atoms with Gasteiger partial charge in [-0.05, 0) is 12.8 Å². The summed E-state index contributed by atoms with van der Waals surface area (Å²) in [6, 6.07) is 0. The molecule has 1 fully saturated rings. The number of nitrogens with zero attached hydrogens (tertiary/aromatic N) is 2. The maximum Gasteiger partial charge on any atom is 0.416 e. The van der Waals surface area contributed by atoms with E-state index in [4.69, 9.17) is 4.74 Å². The summed E-state index contributed by atoms with van der Waals surface area (Å²) >= 11 is 0. The van der Waals surface area contributed by atoms with Gasteiger partial charge in [0.1, 0.15) is 0 Å². The van der Waals surface area contributed by atoms with Crippen molar-refractivity contribution < 1.29 is 17.9 Å². The smallest absolute Gasteiger partial charge is 0.376 e. The molecule has 1 aliphatic rings. The first-order chi connectivity index (χ1) is 8.97. The zero-order chi connectivity index (χ0) is 13.9. The molecule has 1 N–H and O–H groups in total.